The van der Waals surface area contributed by atoms with Crippen molar-refractivity contribution in [2.24, 2.45) is 0 Å². The lowest BCUT2D eigenvalue weighted by atomic mass is 10.1. The molecule has 0 spiro atoms. The van der Waals surface area contributed by atoms with Crippen LogP contribution in [0.3, 0.4) is 0 Å². The van der Waals surface area contributed by atoms with Crippen LogP contribution in [0.1, 0.15) is 62.0 Å². The van der Waals surface area contributed by atoms with Gasteiger partial charge in [0.1, 0.15) is 5.82 Å². The molecule has 4 rings (SSSR count). The summed E-state index contributed by atoms with van der Waals surface area (Å²) in [5.74, 6) is 1.13. The molecule has 3 nitrogen and oxygen atoms in total. The average molecular weight is 438 g/mol. The van der Waals surface area contributed by atoms with E-state index in [4.69, 9.17) is 4.98 Å². The smallest absolute Gasteiger partial charge is 0.126 e. The molecular weight excluding hydrogens is 402 g/mol. The largest absolute Gasteiger partial charge is 0.329 e. The summed E-state index contributed by atoms with van der Waals surface area (Å²) in [6, 6.07) is 32.1. The molecule has 0 saturated carbocycles. The Bertz CT molecular complexity index is 1070. The van der Waals surface area contributed by atoms with E-state index in [1.165, 1.54) is 42.4 Å². The van der Waals surface area contributed by atoms with E-state index in [0.717, 1.165) is 31.0 Å². The first-order valence-corrected chi connectivity index (χ1v) is 12.3. The zero-order valence-electron chi connectivity index (χ0n) is 19.7. The van der Waals surface area contributed by atoms with Gasteiger partial charge >= 0.3 is 0 Å². The highest BCUT2D eigenvalue weighted by Crippen LogP contribution is 2.26. The predicted octanol–water partition coefficient (Wildman–Crippen LogP) is 7.40. The zero-order chi connectivity index (χ0) is 22.7. The van der Waals surface area contributed by atoms with Crippen LogP contribution in [0, 0.1) is 0 Å². The van der Waals surface area contributed by atoms with Gasteiger partial charge < -0.3 is 9.88 Å². The molecule has 1 atom stereocenters. The molecule has 0 bridgehead atoms. The van der Waals surface area contributed by atoms with Crippen LogP contribution >= 0.6 is 0 Å². The second-order valence-electron chi connectivity index (χ2n) is 8.73. The van der Waals surface area contributed by atoms with Crippen molar-refractivity contribution in [2.45, 2.75) is 58.2 Å². The number of benzene rings is 3. The normalized spacial score (nSPS) is 12.0. The Morgan fingerprint density at radius 1 is 0.758 bits per heavy atom. The minimum atomic E-state index is 0.211. The first kappa shape index (κ1) is 23.0. The fraction of sp³-hybridized carbons (Fsp3) is 0.300. The molecule has 3 heteroatoms. The van der Waals surface area contributed by atoms with Crippen molar-refractivity contribution in [3.05, 3.63) is 114 Å². The summed E-state index contributed by atoms with van der Waals surface area (Å²) in [6.45, 7) is 3.94. The lowest BCUT2D eigenvalue weighted by Crippen LogP contribution is -2.24. The van der Waals surface area contributed by atoms with Crippen LogP contribution in [0.4, 0.5) is 0 Å². The zero-order valence-corrected chi connectivity index (χ0v) is 19.7. The summed E-state index contributed by atoms with van der Waals surface area (Å²) in [5, 5.41) is 3.84. The molecule has 0 radical (unpaired) electrons. The summed E-state index contributed by atoms with van der Waals surface area (Å²) < 4.78 is 2.35. The summed E-state index contributed by atoms with van der Waals surface area (Å²) in [7, 11) is 0. The molecule has 3 aromatic carbocycles. The number of hydrogen-bond donors (Lipinski definition) is 1. The predicted molar refractivity (Wildman–Crippen MR) is 138 cm³/mol. The van der Waals surface area contributed by atoms with Crippen molar-refractivity contribution < 1.29 is 0 Å². The first-order chi connectivity index (χ1) is 16.3. The van der Waals surface area contributed by atoms with Crippen molar-refractivity contribution >= 4 is 0 Å². The van der Waals surface area contributed by atoms with Crippen molar-refractivity contribution in [1.29, 1.82) is 0 Å². The fourth-order valence-corrected chi connectivity index (χ4v) is 4.30. The Hall–Kier alpha value is -3.17. The summed E-state index contributed by atoms with van der Waals surface area (Å²) in [6.07, 6.45) is 8.33. The molecule has 0 saturated heterocycles. The van der Waals surface area contributed by atoms with Gasteiger partial charge in [-0.25, -0.2) is 4.98 Å². The molecule has 0 aliphatic carbocycles. The number of rotatable bonds is 12. The maximum Gasteiger partial charge on any atom is 0.126 e. The third kappa shape index (κ3) is 6.66. The summed E-state index contributed by atoms with van der Waals surface area (Å²) in [5.41, 5.74) is 4.81. The third-order valence-electron chi connectivity index (χ3n) is 6.13. The van der Waals surface area contributed by atoms with Gasteiger partial charge in [0, 0.05) is 24.8 Å². The lowest BCUT2D eigenvalue weighted by molar-refractivity contribution is 0.437. The van der Waals surface area contributed by atoms with Crippen LogP contribution in [-0.2, 0) is 13.1 Å². The van der Waals surface area contributed by atoms with Crippen molar-refractivity contribution in [3.63, 3.8) is 0 Å². The molecular formula is C30H35N3. The van der Waals surface area contributed by atoms with Crippen molar-refractivity contribution in [1.82, 2.24) is 14.9 Å². The molecule has 4 aromatic rings. The van der Waals surface area contributed by atoms with E-state index >= 15 is 0 Å². The molecule has 1 heterocycles. The van der Waals surface area contributed by atoms with E-state index in [1.807, 2.05) is 0 Å². The van der Waals surface area contributed by atoms with Gasteiger partial charge in [0.05, 0.1) is 11.7 Å². The highest BCUT2D eigenvalue weighted by atomic mass is 15.1. The van der Waals surface area contributed by atoms with Gasteiger partial charge in [-0.05, 0) is 17.5 Å². The minimum absolute atomic E-state index is 0.211. The number of hydrogen-bond acceptors (Lipinski definition) is 2. The van der Waals surface area contributed by atoms with E-state index in [2.05, 4.69) is 114 Å². The van der Waals surface area contributed by atoms with Gasteiger partial charge in [-0.1, -0.05) is 124 Å². The molecule has 1 aromatic heterocycles. The number of imidazole rings is 1. The second kappa shape index (κ2) is 12.2. The molecule has 0 aliphatic rings. The van der Waals surface area contributed by atoms with Crippen LogP contribution < -0.4 is 5.32 Å². The van der Waals surface area contributed by atoms with E-state index in [-0.39, 0.29) is 6.04 Å². The second-order valence-corrected chi connectivity index (χ2v) is 8.73. The molecule has 0 aliphatic heterocycles. The highest BCUT2D eigenvalue weighted by Gasteiger charge is 2.19. The minimum Gasteiger partial charge on any atom is -0.329 e. The molecule has 170 valence electrons. The Morgan fingerprint density at radius 2 is 1.39 bits per heavy atom. The quantitative estimate of drug-likeness (QED) is 0.234. The van der Waals surface area contributed by atoms with Gasteiger partial charge in [-0.2, -0.15) is 0 Å². The standard InChI is InChI=1S/C30H35N3/c1-2-3-4-14-21-28(31-22-25-15-8-5-9-16-25)30-32-29(27-19-12-7-13-20-27)24-33(30)23-26-17-10-6-11-18-26/h5-13,15-20,24,28,31H,2-4,14,21-23H2,1H3/t28-/m1/s1. The van der Waals surface area contributed by atoms with E-state index in [1.54, 1.807) is 0 Å². The number of aromatic nitrogens is 2. The number of unbranched alkanes of at least 4 members (excludes halogenated alkanes) is 3. The Morgan fingerprint density at radius 3 is 2.06 bits per heavy atom. The highest BCUT2D eigenvalue weighted by molar-refractivity contribution is 5.58. The monoisotopic (exact) mass is 437 g/mol. The Labute approximate surface area is 198 Å². The van der Waals surface area contributed by atoms with Crippen LogP contribution in [0.2, 0.25) is 0 Å². The van der Waals surface area contributed by atoms with Crippen LogP contribution in [-0.4, -0.2) is 9.55 Å². The third-order valence-corrected chi connectivity index (χ3v) is 6.13. The van der Waals surface area contributed by atoms with Crippen LogP contribution in [0.5, 0.6) is 0 Å². The van der Waals surface area contributed by atoms with Crippen LogP contribution in [0.15, 0.2) is 97.2 Å². The molecule has 33 heavy (non-hydrogen) atoms. The first-order valence-electron chi connectivity index (χ1n) is 12.3. The molecule has 0 unspecified atom stereocenters. The lowest BCUT2D eigenvalue weighted by Gasteiger charge is -2.20. The van der Waals surface area contributed by atoms with Crippen molar-refractivity contribution in [3.8, 4) is 11.3 Å². The maximum absolute atomic E-state index is 5.19. The van der Waals surface area contributed by atoms with Gasteiger partial charge in [0.2, 0.25) is 0 Å². The molecule has 1 N–H and O–H groups in total. The van der Waals surface area contributed by atoms with Gasteiger partial charge in [-0.15, -0.1) is 0 Å². The van der Waals surface area contributed by atoms with E-state index < -0.39 is 0 Å². The summed E-state index contributed by atoms with van der Waals surface area (Å²) in [4.78, 5) is 5.19. The van der Waals surface area contributed by atoms with Gasteiger partial charge in [-0.3, -0.25) is 0 Å². The topological polar surface area (TPSA) is 29.9 Å². The Balaban J connectivity index is 1.63. The van der Waals surface area contributed by atoms with E-state index in [0.29, 0.717) is 0 Å². The Kier molecular flexibility index (Phi) is 8.49. The number of nitrogens with zero attached hydrogens (tertiary/aromatic N) is 2. The SMILES string of the molecule is CCCCCC[C@@H](NCc1ccccc1)c1nc(-c2ccccc2)cn1Cc1ccccc1. The molecule has 0 fully saturated rings. The average Bonchev–Trinajstić information content (AvgIpc) is 3.29. The van der Waals surface area contributed by atoms with Gasteiger partial charge in [0.15, 0.2) is 0 Å². The maximum atomic E-state index is 5.19. The molecule has 0 amide bonds. The van der Waals surface area contributed by atoms with Crippen molar-refractivity contribution in [2.75, 3.05) is 0 Å². The summed E-state index contributed by atoms with van der Waals surface area (Å²) >= 11 is 0. The number of nitrogens with one attached hydrogen (secondary N) is 1. The van der Waals surface area contributed by atoms with E-state index in [9.17, 15) is 0 Å². The van der Waals surface area contributed by atoms with Crippen LogP contribution in [0.25, 0.3) is 11.3 Å². The fourth-order valence-electron chi connectivity index (χ4n) is 4.30. The van der Waals surface area contributed by atoms with Gasteiger partial charge in [0.25, 0.3) is 0 Å².